The minimum atomic E-state index is -0.628. The maximum Gasteiger partial charge on any atom is 0.350 e. The van der Waals surface area contributed by atoms with Crippen LogP contribution >= 0.6 is 12.6 Å². The minimum Gasteiger partial charge on any atom is -0.284 e. The van der Waals surface area contributed by atoms with Crippen molar-refractivity contribution in [3.05, 3.63) is 26.8 Å². The molecule has 0 saturated heterocycles. The van der Waals surface area contributed by atoms with Crippen molar-refractivity contribution in [3.8, 4) is 0 Å². The SMILES string of the molecule is Cn1c(CS)nc(=O)[nH]c1=O. The van der Waals surface area contributed by atoms with E-state index in [0.29, 0.717) is 5.82 Å². The molecular weight excluding hydrogens is 166 g/mol. The Labute approximate surface area is 67.5 Å². The highest BCUT2D eigenvalue weighted by Crippen LogP contribution is 1.89. The van der Waals surface area contributed by atoms with Gasteiger partial charge in [-0.15, -0.1) is 0 Å². The Hall–Kier alpha value is -1.04. The summed E-state index contributed by atoms with van der Waals surface area (Å²) in [5.74, 6) is 0.637. The lowest BCUT2D eigenvalue weighted by Gasteiger charge is -1.99. The van der Waals surface area contributed by atoms with Crippen LogP contribution in [-0.4, -0.2) is 14.5 Å². The number of hydrogen-bond acceptors (Lipinski definition) is 4. The number of aromatic amines is 1. The van der Waals surface area contributed by atoms with Crippen LogP contribution in [0.2, 0.25) is 0 Å². The third-order valence-electron chi connectivity index (χ3n) is 1.28. The Balaban J connectivity index is 3.49. The smallest absolute Gasteiger partial charge is 0.284 e. The van der Waals surface area contributed by atoms with Gasteiger partial charge in [0.05, 0.1) is 0 Å². The van der Waals surface area contributed by atoms with Gasteiger partial charge in [0.15, 0.2) is 0 Å². The molecule has 1 aromatic heterocycles. The lowest BCUT2D eigenvalue weighted by molar-refractivity contribution is 0.707. The Morgan fingerprint density at radius 3 is 2.82 bits per heavy atom. The molecule has 60 valence electrons. The van der Waals surface area contributed by atoms with E-state index in [-0.39, 0.29) is 5.75 Å². The molecule has 1 N–H and O–H groups in total. The van der Waals surface area contributed by atoms with Crippen LogP contribution in [0.3, 0.4) is 0 Å². The zero-order valence-corrected chi connectivity index (χ0v) is 6.76. The minimum absolute atomic E-state index is 0.273. The Bertz CT molecular complexity index is 367. The second-order valence-corrected chi connectivity index (χ2v) is 2.30. The van der Waals surface area contributed by atoms with Crippen molar-refractivity contribution in [1.29, 1.82) is 0 Å². The number of nitrogens with zero attached hydrogens (tertiary/aromatic N) is 2. The third-order valence-corrected chi connectivity index (χ3v) is 1.56. The van der Waals surface area contributed by atoms with Gasteiger partial charge >= 0.3 is 11.4 Å². The molecule has 0 aliphatic rings. The number of nitrogens with one attached hydrogen (secondary N) is 1. The van der Waals surface area contributed by atoms with Crippen LogP contribution in [0, 0.1) is 0 Å². The highest BCUT2D eigenvalue weighted by molar-refractivity contribution is 7.79. The fourth-order valence-corrected chi connectivity index (χ4v) is 0.937. The highest BCUT2D eigenvalue weighted by atomic mass is 32.1. The molecule has 0 aromatic carbocycles. The summed E-state index contributed by atoms with van der Waals surface area (Å²) in [4.78, 5) is 27.0. The number of rotatable bonds is 1. The summed E-state index contributed by atoms with van der Waals surface area (Å²) >= 11 is 3.90. The van der Waals surface area contributed by atoms with Crippen molar-refractivity contribution >= 4 is 12.6 Å². The summed E-state index contributed by atoms with van der Waals surface area (Å²) in [6.45, 7) is 0. The summed E-state index contributed by atoms with van der Waals surface area (Å²) in [6, 6.07) is 0. The van der Waals surface area contributed by atoms with E-state index in [9.17, 15) is 9.59 Å². The lowest BCUT2D eigenvalue weighted by atomic mass is 10.6. The molecule has 1 heterocycles. The second kappa shape index (κ2) is 2.91. The van der Waals surface area contributed by atoms with Gasteiger partial charge < -0.3 is 0 Å². The average Bonchev–Trinajstić information content (AvgIpc) is 1.96. The van der Waals surface area contributed by atoms with Crippen LogP contribution in [0.4, 0.5) is 0 Å². The standard InChI is InChI=1S/C5H7N3O2S/c1-8-3(2-11)6-4(9)7-5(8)10/h11H,2H2,1H3,(H,7,9,10). The van der Waals surface area contributed by atoms with Gasteiger partial charge in [0.25, 0.3) is 0 Å². The normalized spacial score (nSPS) is 10.0. The molecule has 6 heteroatoms. The molecule has 0 saturated carbocycles. The van der Waals surface area contributed by atoms with Gasteiger partial charge in [0, 0.05) is 12.8 Å². The lowest BCUT2D eigenvalue weighted by Crippen LogP contribution is -2.32. The third kappa shape index (κ3) is 1.51. The van der Waals surface area contributed by atoms with Gasteiger partial charge in [0.2, 0.25) is 0 Å². The summed E-state index contributed by atoms with van der Waals surface area (Å²) < 4.78 is 1.24. The van der Waals surface area contributed by atoms with Gasteiger partial charge in [-0.3, -0.25) is 9.55 Å². The first-order valence-electron chi connectivity index (χ1n) is 2.92. The van der Waals surface area contributed by atoms with Crippen molar-refractivity contribution in [1.82, 2.24) is 14.5 Å². The highest BCUT2D eigenvalue weighted by Gasteiger charge is 1.99. The van der Waals surface area contributed by atoms with Crippen LogP contribution in [0.5, 0.6) is 0 Å². The largest absolute Gasteiger partial charge is 0.350 e. The quantitative estimate of drug-likeness (QED) is 0.530. The fourth-order valence-electron chi connectivity index (χ4n) is 0.654. The Kier molecular flexibility index (Phi) is 2.13. The first kappa shape index (κ1) is 8.06. The van der Waals surface area contributed by atoms with Crippen LogP contribution in [0.15, 0.2) is 9.59 Å². The maximum absolute atomic E-state index is 10.9. The van der Waals surface area contributed by atoms with E-state index in [0.717, 1.165) is 0 Å². The molecule has 0 atom stereocenters. The number of thiol groups is 1. The molecule has 0 spiro atoms. The summed E-state index contributed by atoms with van der Waals surface area (Å²) in [5, 5.41) is 0. The maximum atomic E-state index is 10.9. The van der Waals surface area contributed by atoms with Crippen LogP contribution in [0.25, 0.3) is 0 Å². The van der Waals surface area contributed by atoms with E-state index in [1.54, 1.807) is 0 Å². The molecule has 0 unspecified atom stereocenters. The molecule has 0 aliphatic carbocycles. The predicted molar refractivity (Wildman–Crippen MR) is 42.8 cm³/mol. The second-order valence-electron chi connectivity index (χ2n) is 1.98. The summed E-state index contributed by atoms with van der Waals surface area (Å²) in [5.41, 5.74) is -1.09. The predicted octanol–water partition coefficient (Wildman–Crippen LogP) is -1.10. The molecule has 0 aliphatic heterocycles. The van der Waals surface area contributed by atoms with Crippen molar-refractivity contribution in [3.63, 3.8) is 0 Å². The van der Waals surface area contributed by atoms with Crippen molar-refractivity contribution in [2.45, 2.75) is 5.75 Å². The average molecular weight is 173 g/mol. The first-order chi connectivity index (χ1) is 5.15. The molecular formula is C5H7N3O2S. The van der Waals surface area contributed by atoms with E-state index >= 15 is 0 Å². The van der Waals surface area contributed by atoms with Gasteiger partial charge in [0.1, 0.15) is 5.82 Å². The number of aromatic nitrogens is 3. The van der Waals surface area contributed by atoms with Gasteiger partial charge in [-0.2, -0.15) is 17.6 Å². The van der Waals surface area contributed by atoms with Gasteiger partial charge in [-0.05, 0) is 0 Å². The van der Waals surface area contributed by atoms with E-state index in [4.69, 9.17) is 0 Å². The van der Waals surface area contributed by atoms with Crippen LogP contribution < -0.4 is 11.4 Å². The van der Waals surface area contributed by atoms with Gasteiger partial charge in [-0.1, -0.05) is 0 Å². The molecule has 0 bridgehead atoms. The topological polar surface area (TPSA) is 67.8 Å². The molecule has 0 amide bonds. The van der Waals surface area contributed by atoms with E-state index in [1.165, 1.54) is 11.6 Å². The Morgan fingerprint density at radius 2 is 2.27 bits per heavy atom. The summed E-state index contributed by atoms with van der Waals surface area (Å²) in [7, 11) is 1.52. The van der Waals surface area contributed by atoms with E-state index in [1.807, 2.05) is 4.98 Å². The number of hydrogen-bond donors (Lipinski definition) is 2. The van der Waals surface area contributed by atoms with E-state index < -0.39 is 11.4 Å². The molecule has 0 radical (unpaired) electrons. The van der Waals surface area contributed by atoms with Crippen LogP contribution in [-0.2, 0) is 12.8 Å². The van der Waals surface area contributed by atoms with Gasteiger partial charge in [-0.25, -0.2) is 9.59 Å². The van der Waals surface area contributed by atoms with E-state index in [2.05, 4.69) is 17.6 Å². The zero-order chi connectivity index (χ0) is 8.43. The molecule has 5 nitrogen and oxygen atoms in total. The summed E-state index contributed by atoms with van der Waals surface area (Å²) in [6.07, 6.45) is 0. The zero-order valence-electron chi connectivity index (χ0n) is 5.87. The van der Waals surface area contributed by atoms with Crippen molar-refractivity contribution in [2.24, 2.45) is 7.05 Å². The van der Waals surface area contributed by atoms with Crippen molar-refractivity contribution in [2.75, 3.05) is 0 Å². The molecule has 1 rings (SSSR count). The number of H-pyrrole nitrogens is 1. The fraction of sp³-hybridized carbons (Fsp3) is 0.400. The van der Waals surface area contributed by atoms with Crippen molar-refractivity contribution < 1.29 is 0 Å². The molecule has 1 aromatic rings. The Morgan fingerprint density at radius 1 is 1.64 bits per heavy atom. The first-order valence-corrected chi connectivity index (χ1v) is 3.55. The molecule has 0 fully saturated rings. The van der Waals surface area contributed by atoms with Crippen LogP contribution in [0.1, 0.15) is 5.82 Å². The molecule has 11 heavy (non-hydrogen) atoms. The monoisotopic (exact) mass is 173 g/mol.